The van der Waals surface area contributed by atoms with Crippen LogP contribution in [-0.4, -0.2) is 22.6 Å². The summed E-state index contributed by atoms with van der Waals surface area (Å²) < 4.78 is 1.27. The van der Waals surface area contributed by atoms with Crippen molar-refractivity contribution in [3.05, 3.63) is 44.1 Å². The second kappa shape index (κ2) is 3.72. The van der Waals surface area contributed by atoms with E-state index in [0.29, 0.717) is 29.0 Å². The molecule has 2 heterocycles. The molecule has 2 aromatic rings. The zero-order chi connectivity index (χ0) is 12.0. The molecule has 2 N–H and O–H groups in total. The molecule has 1 aromatic carbocycles. The first-order valence-electron chi connectivity index (χ1n) is 5.31. The molecule has 5 nitrogen and oxygen atoms in total. The van der Waals surface area contributed by atoms with Gasteiger partial charge < -0.3 is 10.3 Å². The number of hydrogen-bond acceptors (Lipinski definition) is 3. The van der Waals surface area contributed by atoms with Gasteiger partial charge in [-0.2, -0.15) is 0 Å². The predicted molar refractivity (Wildman–Crippen MR) is 65.7 cm³/mol. The fraction of sp³-hybridized carbons (Fsp3) is 0.273. The zero-order valence-corrected chi connectivity index (χ0v) is 9.62. The summed E-state index contributed by atoms with van der Waals surface area (Å²) in [6.07, 6.45) is 0. The Labute approximate surface area is 101 Å². The maximum atomic E-state index is 12.2. The van der Waals surface area contributed by atoms with Crippen molar-refractivity contribution < 1.29 is 0 Å². The largest absolute Gasteiger partial charge is 0.329 e. The minimum atomic E-state index is -0.378. The third kappa shape index (κ3) is 1.59. The van der Waals surface area contributed by atoms with Crippen LogP contribution in [0.4, 0.5) is 0 Å². The van der Waals surface area contributed by atoms with Crippen LogP contribution in [-0.2, 0) is 0 Å². The summed E-state index contributed by atoms with van der Waals surface area (Å²) >= 11 is 5.82. The van der Waals surface area contributed by atoms with Crippen LogP contribution in [0.5, 0.6) is 0 Å². The Morgan fingerprint density at radius 3 is 2.71 bits per heavy atom. The molecule has 88 valence electrons. The zero-order valence-electron chi connectivity index (χ0n) is 8.87. The Balaban J connectivity index is 2.35. The first kappa shape index (κ1) is 10.6. The van der Waals surface area contributed by atoms with Crippen molar-refractivity contribution in [2.75, 3.05) is 13.1 Å². The minimum absolute atomic E-state index is 0.0497. The molecule has 0 unspecified atom stereocenters. The van der Waals surface area contributed by atoms with Gasteiger partial charge in [0.15, 0.2) is 0 Å². The number of rotatable bonds is 1. The summed E-state index contributed by atoms with van der Waals surface area (Å²) in [6.45, 7) is 1.31. The monoisotopic (exact) mass is 251 g/mol. The molecule has 1 fully saturated rings. The first-order chi connectivity index (χ1) is 8.16. The van der Waals surface area contributed by atoms with Crippen LogP contribution in [0.3, 0.4) is 0 Å². The lowest BCUT2D eigenvalue weighted by Crippen LogP contribution is -2.51. The maximum absolute atomic E-state index is 12.2. The summed E-state index contributed by atoms with van der Waals surface area (Å²) in [5.41, 5.74) is -0.154. The van der Waals surface area contributed by atoms with Gasteiger partial charge in [-0.1, -0.05) is 11.6 Å². The van der Waals surface area contributed by atoms with Gasteiger partial charge >= 0.3 is 5.69 Å². The Hall–Kier alpha value is -1.59. The fourth-order valence-corrected chi connectivity index (χ4v) is 2.16. The normalized spacial score (nSPS) is 16.1. The Kier molecular flexibility index (Phi) is 2.31. The lowest BCUT2D eigenvalue weighted by molar-refractivity contribution is 0.327. The molecule has 0 saturated carbocycles. The average Bonchev–Trinajstić information content (AvgIpc) is 2.20. The van der Waals surface area contributed by atoms with Crippen molar-refractivity contribution >= 4 is 22.5 Å². The van der Waals surface area contributed by atoms with Gasteiger partial charge in [0, 0.05) is 18.1 Å². The van der Waals surface area contributed by atoms with Gasteiger partial charge in [-0.05, 0) is 18.2 Å². The highest BCUT2D eigenvalue weighted by Gasteiger charge is 2.22. The van der Waals surface area contributed by atoms with E-state index in [0.717, 1.165) is 0 Å². The smallest absolute Gasteiger partial charge is 0.312 e. The molecule has 1 aliphatic heterocycles. The second-order valence-electron chi connectivity index (χ2n) is 4.11. The number of nitrogens with one attached hydrogen (secondary N) is 2. The van der Waals surface area contributed by atoms with E-state index in [9.17, 15) is 9.59 Å². The Bertz CT molecular complexity index is 700. The molecule has 3 rings (SSSR count). The van der Waals surface area contributed by atoms with Crippen molar-refractivity contribution in [2.45, 2.75) is 6.04 Å². The Morgan fingerprint density at radius 1 is 1.29 bits per heavy atom. The van der Waals surface area contributed by atoms with Crippen molar-refractivity contribution in [3.63, 3.8) is 0 Å². The van der Waals surface area contributed by atoms with E-state index in [1.807, 2.05) is 0 Å². The van der Waals surface area contributed by atoms with Gasteiger partial charge in [-0.25, -0.2) is 4.79 Å². The number of hydrogen-bond donors (Lipinski definition) is 2. The third-order valence-corrected chi connectivity index (χ3v) is 3.25. The van der Waals surface area contributed by atoms with Gasteiger partial charge in [0.25, 0.3) is 5.56 Å². The van der Waals surface area contributed by atoms with Gasteiger partial charge in [-0.15, -0.1) is 0 Å². The molecular formula is C11H10ClN3O2. The summed E-state index contributed by atoms with van der Waals surface area (Å²) in [5, 5.41) is 4.02. The number of fused-ring (bicyclic) bond motifs is 1. The fourth-order valence-electron chi connectivity index (χ4n) is 1.99. The van der Waals surface area contributed by atoms with E-state index in [2.05, 4.69) is 10.3 Å². The van der Waals surface area contributed by atoms with Crippen molar-refractivity contribution in [2.24, 2.45) is 0 Å². The molecule has 1 aromatic heterocycles. The molecule has 0 radical (unpaired) electrons. The van der Waals surface area contributed by atoms with Crippen molar-refractivity contribution in [1.82, 2.24) is 14.9 Å². The van der Waals surface area contributed by atoms with Gasteiger partial charge in [0.05, 0.1) is 16.9 Å². The highest BCUT2D eigenvalue weighted by atomic mass is 35.5. The first-order valence-corrected chi connectivity index (χ1v) is 5.69. The van der Waals surface area contributed by atoms with Crippen molar-refractivity contribution in [1.29, 1.82) is 0 Å². The van der Waals surface area contributed by atoms with Crippen LogP contribution in [0.25, 0.3) is 10.9 Å². The highest BCUT2D eigenvalue weighted by molar-refractivity contribution is 6.31. The molecule has 6 heteroatoms. The second-order valence-corrected chi connectivity index (χ2v) is 4.54. The number of aromatic nitrogens is 2. The number of aromatic amines is 1. The van der Waals surface area contributed by atoms with E-state index in [1.165, 1.54) is 4.57 Å². The number of H-pyrrole nitrogens is 1. The molecule has 1 aliphatic rings. The van der Waals surface area contributed by atoms with Crippen LogP contribution in [0.1, 0.15) is 6.04 Å². The van der Waals surface area contributed by atoms with Crippen LogP contribution in [0.2, 0.25) is 5.02 Å². The molecular weight excluding hydrogens is 242 g/mol. The SMILES string of the molecule is O=c1[nH]c2cc(Cl)ccc2c(=O)n1C1CNC1. The molecule has 0 bridgehead atoms. The average molecular weight is 252 g/mol. The van der Waals surface area contributed by atoms with E-state index >= 15 is 0 Å². The summed E-state index contributed by atoms with van der Waals surface area (Å²) in [6, 6.07) is 4.82. The maximum Gasteiger partial charge on any atom is 0.329 e. The van der Waals surface area contributed by atoms with Crippen LogP contribution in [0, 0.1) is 0 Å². The van der Waals surface area contributed by atoms with Gasteiger partial charge in [-0.3, -0.25) is 9.36 Å². The van der Waals surface area contributed by atoms with Crippen LogP contribution >= 0.6 is 11.6 Å². The Morgan fingerprint density at radius 2 is 2.06 bits per heavy atom. The highest BCUT2D eigenvalue weighted by Crippen LogP contribution is 2.14. The quantitative estimate of drug-likeness (QED) is 0.775. The summed E-state index contributed by atoms with van der Waals surface area (Å²) in [7, 11) is 0. The minimum Gasteiger partial charge on any atom is -0.312 e. The number of benzene rings is 1. The summed E-state index contributed by atoms with van der Waals surface area (Å²) in [5.74, 6) is 0. The van der Waals surface area contributed by atoms with E-state index in [1.54, 1.807) is 18.2 Å². The van der Waals surface area contributed by atoms with Crippen LogP contribution < -0.4 is 16.6 Å². The van der Waals surface area contributed by atoms with Gasteiger partial charge in [0.2, 0.25) is 0 Å². The molecule has 0 atom stereocenters. The number of nitrogens with zero attached hydrogens (tertiary/aromatic N) is 1. The standard InChI is InChI=1S/C11H10ClN3O2/c12-6-1-2-8-9(3-6)14-11(17)15(10(8)16)7-4-13-5-7/h1-3,7,13H,4-5H2,(H,14,17). The molecule has 1 saturated heterocycles. The topological polar surface area (TPSA) is 66.9 Å². The molecule has 17 heavy (non-hydrogen) atoms. The van der Waals surface area contributed by atoms with E-state index in [-0.39, 0.29) is 17.3 Å². The van der Waals surface area contributed by atoms with Crippen LogP contribution in [0.15, 0.2) is 27.8 Å². The van der Waals surface area contributed by atoms with E-state index < -0.39 is 0 Å². The molecule has 0 spiro atoms. The van der Waals surface area contributed by atoms with Gasteiger partial charge in [0.1, 0.15) is 0 Å². The molecule has 0 aliphatic carbocycles. The predicted octanol–water partition coefficient (Wildman–Crippen LogP) is 0.487. The summed E-state index contributed by atoms with van der Waals surface area (Å²) in [4.78, 5) is 26.7. The number of halogens is 1. The van der Waals surface area contributed by atoms with E-state index in [4.69, 9.17) is 11.6 Å². The lowest BCUT2D eigenvalue weighted by Gasteiger charge is -2.28. The lowest BCUT2D eigenvalue weighted by atomic mass is 10.1. The molecule has 0 amide bonds. The van der Waals surface area contributed by atoms with Crippen molar-refractivity contribution in [3.8, 4) is 0 Å². The third-order valence-electron chi connectivity index (χ3n) is 3.02.